The minimum Gasteiger partial charge on any atom is -0.394 e. The van der Waals surface area contributed by atoms with E-state index < -0.39 is 6.04 Å². The molecule has 1 atom stereocenters. The first-order valence-corrected chi connectivity index (χ1v) is 8.92. The van der Waals surface area contributed by atoms with E-state index >= 15 is 0 Å². The molecule has 1 aromatic heterocycles. The lowest BCUT2D eigenvalue weighted by Crippen LogP contribution is -2.48. The number of carbonyl (C=O) groups is 1. The number of likely N-dealkylation sites (tertiary alicyclic amines) is 1. The van der Waals surface area contributed by atoms with Crippen molar-refractivity contribution < 1.29 is 14.6 Å². The molecule has 8 nitrogen and oxygen atoms in total. The molecule has 3 N–H and O–H groups in total. The van der Waals surface area contributed by atoms with Gasteiger partial charge in [-0.25, -0.2) is 9.97 Å². The predicted octanol–water partition coefficient (Wildman–Crippen LogP) is -0.353. The molecule has 1 aromatic rings. The maximum Gasteiger partial charge on any atom is 0.241 e. The van der Waals surface area contributed by atoms with Crippen molar-refractivity contribution in [2.45, 2.75) is 31.7 Å². The Morgan fingerprint density at radius 1 is 1.32 bits per heavy atom. The molecule has 3 rings (SSSR count). The van der Waals surface area contributed by atoms with E-state index in [1.807, 2.05) is 6.92 Å². The average Bonchev–Trinajstić information content (AvgIpc) is 2.67. The summed E-state index contributed by atoms with van der Waals surface area (Å²) in [6, 6.07) is 1.27. The van der Waals surface area contributed by atoms with Gasteiger partial charge in [-0.15, -0.1) is 0 Å². The number of anilines is 1. The van der Waals surface area contributed by atoms with Gasteiger partial charge in [-0.05, 0) is 19.8 Å². The number of aromatic nitrogens is 2. The molecular weight excluding hydrogens is 322 g/mol. The highest BCUT2D eigenvalue weighted by atomic mass is 16.5. The summed E-state index contributed by atoms with van der Waals surface area (Å²) in [6.07, 6.45) is 1.70. The van der Waals surface area contributed by atoms with Crippen LogP contribution in [-0.2, 0) is 9.53 Å². The van der Waals surface area contributed by atoms with Crippen LogP contribution in [0.4, 0.5) is 5.82 Å². The number of amides is 1. The van der Waals surface area contributed by atoms with Crippen molar-refractivity contribution in [1.82, 2.24) is 14.9 Å². The highest BCUT2D eigenvalue weighted by molar-refractivity contribution is 5.81. The Kier molecular flexibility index (Phi) is 5.82. The average molecular weight is 349 g/mol. The van der Waals surface area contributed by atoms with E-state index in [1.54, 1.807) is 4.90 Å². The van der Waals surface area contributed by atoms with Crippen LogP contribution in [0.5, 0.6) is 0 Å². The van der Waals surface area contributed by atoms with Crippen LogP contribution < -0.4 is 10.6 Å². The minimum atomic E-state index is -0.814. The number of piperidine rings is 1. The molecule has 0 aliphatic carbocycles. The summed E-state index contributed by atoms with van der Waals surface area (Å²) in [4.78, 5) is 25.3. The lowest BCUT2D eigenvalue weighted by atomic mass is 9.92. The van der Waals surface area contributed by atoms with Gasteiger partial charge >= 0.3 is 0 Å². The first-order chi connectivity index (χ1) is 12.1. The fourth-order valence-corrected chi connectivity index (χ4v) is 3.45. The van der Waals surface area contributed by atoms with Crippen LogP contribution in [-0.4, -0.2) is 77.9 Å². The van der Waals surface area contributed by atoms with Crippen molar-refractivity contribution in [1.29, 1.82) is 0 Å². The number of rotatable bonds is 4. The molecule has 2 aliphatic rings. The molecule has 0 unspecified atom stereocenters. The molecule has 0 bridgehead atoms. The van der Waals surface area contributed by atoms with Crippen LogP contribution in [0.3, 0.4) is 0 Å². The summed E-state index contributed by atoms with van der Waals surface area (Å²) in [5.41, 5.74) is 6.69. The SMILES string of the molecule is Cc1nc(C2CCN(C(=O)[C@H](N)CO)CC2)cc(N2CCOCC2)n1. The normalized spacial score (nSPS) is 20.6. The Morgan fingerprint density at radius 3 is 2.64 bits per heavy atom. The van der Waals surface area contributed by atoms with Gasteiger partial charge in [0, 0.05) is 43.9 Å². The number of aliphatic hydroxyl groups excluding tert-OH is 1. The van der Waals surface area contributed by atoms with Gasteiger partial charge in [-0.1, -0.05) is 0 Å². The molecule has 0 aromatic carbocycles. The smallest absolute Gasteiger partial charge is 0.241 e. The van der Waals surface area contributed by atoms with Crippen LogP contribution in [0.15, 0.2) is 6.07 Å². The fraction of sp³-hybridized carbons (Fsp3) is 0.706. The van der Waals surface area contributed by atoms with Gasteiger partial charge < -0.3 is 25.4 Å². The third kappa shape index (κ3) is 4.26. The van der Waals surface area contributed by atoms with Crippen LogP contribution in [0, 0.1) is 6.92 Å². The number of carbonyl (C=O) groups excluding carboxylic acids is 1. The van der Waals surface area contributed by atoms with Gasteiger partial charge in [0.05, 0.1) is 19.8 Å². The maximum atomic E-state index is 12.1. The Balaban J connectivity index is 1.66. The maximum absolute atomic E-state index is 12.1. The second kappa shape index (κ2) is 8.07. The van der Waals surface area contributed by atoms with Crippen molar-refractivity contribution >= 4 is 11.7 Å². The first-order valence-electron chi connectivity index (χ1n) is 8.92. The summed E-state index contributed by atoms with van der Waals surface area (Å²) in [7, 11) is 0. The van der Waals surface area contributed by atoms with E-state index in [1.165, 1.54) is 0 Å². The Morgan fingerprint density at radius 2 is 2.00 bits per heavy atom. The number of hydrogen-bond acceptors (Lipinski definition) is 7. The largest absolute Gasteiger partial charge is 0.394 e. The zero-order chi connectivity index (χ0) is 17.8. The lowest BCUT2D eigenvalue weighted by Gasteiger charge is -2.33. The van der Waals surface area contributed by atoms with Crippen molar-refractivity contribution in [2.75, 3.05) is 50.9 Å². The second-order valence-electron chi connectivity index (χ2n) is 6.69. The number of nitrogens with two attached hydrogens (primary N) is 1. The van der Waals surface area contributed by atoms with E-state index in [0.29, 0.717) is 19.0 Å². The zero-order valence-corrected chi connectivity index (χ0v) is 14.7. The van der Waals surface area contributed by atoms with Gasteiger partial charge in [-0.3, -0.25) is 4.79 Å². The first kappa shape index (κ1) is 18.0. The predicted molar refractivity (Wildman–Crippen MR) is 93.4 cm³/mol. The van der Waals surface area contributed by atoms with Gasteiger partial charge in [-0.2, -0.15) is 0 Å². The summed E-state index contributed by atoms with van der Waals surface area (Å²) >= 11 is 0. The van der Waals surface area contributed by atoms with Gasteiger partial charge in [0.2, 0.25) is 5.91 Å². The van der Waals surface area contributed by atoms with Crippen LogP contribution in [0.25, 0.3) is 0 Å². The Bertz CT molecular complexity index is 598. The number of aryl methyl sites for hydroxylation is 1. The zero-order valence-electron chi connectivity index (χ0n) is 14.7. The Hall–Kier alpha value is -1.77. The van der Waals surface area contributed by atoms with Crippen LogP contribution >= 0.6 is 0 Å². The van der Waals surface area contributed by atoms with Gasteiger partial charge in [0.25, 0.3) is 0 Å². The van der Waals surface area contributed by atoms with Gasteiger partial charge in [0.15, 0.2) is 0 Å². The van der Waals surface area contributed by atoms with E-state index in [9.17, 15) is 4.79 Å². The minimum absolute atomic E-state index is 0.172. The molecule has 8 heteroatoms. The highest BCUT2D eigenvalue weighted by Crippen LogP contribution is 2.29. The van der Waals surface area contributed by atoms with Crippen molar-refractivity contribution in [3.63, 3.8) is 0 Å². The molecule has 2 saturated heterocycles. The third-order valence-corrected chi connectivity index (χ3v) is 4.92. The fourth-order valence-electron chi connectivity index (χ4n) is 3.45. The Labute approximate surface area is 148 Å². The molecule has 0 radical (unpaired) electrons. The summed E-state index contributed by atoms with van der Waals surface area (Å²) in [5.74, 6) is 1.89. The van der Waals surface area contributed by atoms with Crippen molar-refractivity contribution in [2.24, 2.45) is 5.73 Å². The molecular formula is C17H27N5O3. The summed E-state index contributed by atoms with van der Waals surface area (Å²) in [6.45, 7) is 6.05. The molecule has 138 valence electrons. The summed E-state index contributed by atoms with van der Waals surface area (Å²) < 4.78 is 5.41. The molecule has 0 spiro atoms. The molecule has 25 heavy (non-hydrogen) atoms. The molecule has 2 aliphatic heterocycles. The third-order valence-electron chi connectivity index (χ3n) is 4.92. The van der Waals surface area contributed by atoms with Crippen LogP contribution in [0.1, 0.15) is 30.3 Å². The quantitative estimate of drug-likeness (QED) is 0.765. The van der Waals surface area contributed by atoms with E-state index in [-0.39, 0.29) is 12.5 Å². The highest BCUT2D eigenvalue weighted by Gasteiger charge is 2.28. The standard InChI is InChI=1S/C17H27N5O3/c1-12-19-15(10-16(20-12)21-6-8-25-9-7-21)13-2-4-22(5-3-13)17(24)14(18)11-23/h10,13-14,23H,2-9,11,18H2,1H3/t14-/m1/s1. The topological polar surface area (TPSA) is 105 Å². The lowest BCUT2D eigenvalue weighted by molar-refractivity contribution is -0.134. The van der Waals surface area contributed by atoms with Crippen LogP contribution in [0.2, 0.25) is 0 Å². The molecule has 3 heterocycles. The molecule has 1 amide bonds. The van der Waals surface area contributed by atoms with E-state index in [0.717, 1.165) is 56.5 Å². The van der Waals surface area contributed by atoms with Crippen molar-refractivity contribution in [3.8, 4) is 0 Å². The van der Waals surface area contributed by atoms with E-state index in [2.05, 4.69) is 20.9 Å². The number of ether oxygens (including phenoxy) is 1. The van der Waals surface area contributed by atoms with Gasteiger partial charge in [0.1, 0.15) is 17.7 Å². The number of morpholine rings is 1. The summed E-state index contributed by atoms with van der Waals surface area (Å²) in [5, 5.41) is 9.05. The molecule has 2 fully saturated rings. The monoisotopic (exact) mass is 349 g/mol. The number of hydrogen-bond donors (Lipinski definition) is 2. The number of nitrogens with zero attached hydrogens (tertiary/aromatic N) is 4. The second-order valence-corrected chi connectivity index (χ2v) is 6.69. The van der Waals surface area contributed by atoms with E-state index in [4.69, 9.17) is 15.6 Å². The molecule has 0 saturated carbocycles. The van der Waals surface area contributed by atoms with Crippen molar-refractivity contribution in [3.05, 3.63) is 17.6 Å². The number of aliphatic hydroxyl groups is 1.